The fraction of sp³-hybridized carbons (Fsp3) is 0.0909. The molecule has 0 aromatic rings. The van der Waals surface area contributed by atoms with E-state index in [1.165, 1.54) is 11.1 Å². The normalized spacial score (nSPS) is 17.7. The van der Waals surface area contributed by atoms with Crippen molar-refractivity contribution in [3.8, 4) is 0 Å². The molecule has 0 radical (unpaired) electrons. The first kappa shape index (κ1) is 12.9. The number of allylic oxidation sites excluding steroid dienone is 10. The van der Waals surface area contributed by atoms with Crippen molar-refractivity contribution in [2.24, 2.45) is 0 Å². The number of fused-ring (bicyclic) bond motifs is 1. The molecule has 4 nitrogen and oxygen atoms in total. The Balaban J connectivity index is 0.000000221. The van der Waals surface area contributed by atoms with Crippen LogP contribution >= 0.6 is 7.82 Å². The minimum absolute atomic E-state index is 1.07. The molecule has 16 heavy (non-hydrogen) atoms. The van der Waals surface area contributed by atoms with Crippen molar-refractivity contribution >= 4 is 7.82 Å². The molecule has 0 spiro atoms. The summed E-state index contributed by atoms with van der Waals surface area (Å²) >= 11 is 0. The van der Waals surface area contributed by atoms with Crippen LogP contribution in [0.5, 0.6) is 0 Å². The molecule has 2 rings (SSSR count). The van der Waals surface area contributed by atoms with Gasteiger partial charge in [-0.15, -0.1) is 0 Å². The van der Waals surface area contributed by atoms with Gasteiger partial charge in [0.2, 0.25) is 0 Å². The molecule has 0 bridgehead atoms. The van der Waals surface area contributed by atoms with Crippen molar-refractivity contribution in [2.45, 2.75) is 6.42 Å². The largest absolute Gasteiger partial charge is 0.466 e. The van der Waals surface area contributed by atoms with E-state index in [0.717, 1.165) is 6.42 Å². The maximum Gasteiger partial charge on any atom is 0.466 e. The van der Waals surface area contributed by atoms with Crippen LogP contribution in [0.3, 0.4) is 0 Å². The molecule has 0 aliphatic heterocycles. The zero-order valence-corrected chi connectivity index (χ0v) is 9.42. The van der Waals surface area contributed by atoms with Crippen LogP contribution in [-0.4, -0.2) is 14.7 Å². The van der Waals surface area contributed by atoms with Crippen molar-refractivity contribution in [3.63, 3.8) is 0 Å². The summed E-state index contributed by atoms with van der Waals surface area (Å²) in [6.07, 6.45) is 18.1. The third-order valence-electron chi connectivity index (χ3n) is 1.92. The summed E-state index contributed by atoms with van der Waals surface area (Å²) in [5.74, 6) is 0. The summed E-state index contributed by atoms with van der Waals surface area (Å²) < 4.78 is 8.88. The highest BCUT2D eigenvalue weighted by molar-refractivity contribution is 7.45. The van der Waals surface area contributed by atoms with Crippen molar-refractivity contribution in [2.75, 3.05) is 0 Å². The Morgan fingerprint density at radius 3 is 2.38 bits per heavy atom. The predicted octanol–water partition coefficient (Wildman–Crippen LogP) is 2.00. The topological polar surface area (TPSA) is 77.8 Å². The number of rotatable bonds is 0. The van der Waals surface area contributed by atoms with Gasteiger partial charge in [0.1, 0.15) is 0 Å². The molecule has 2 aliphatic rings. The van der Waals surface area contributed by atoms with E-state index >= 15 is 0 Å². The second-order valence-electron chi connectivity index (χ2n) is 3.20. The van der Waals surface area contributed by atoms with Gasteiger partial charge in [0.05, 0.1) is 0 Å². The summed E-state index contributed by atoms with van der Waals surface area (Å²) in [6, 6.07) is 0. The monoisotopic (exact) mass is 240 g/mol. The Morgan fingerprint density at radius 2 is 1.69 bits per heavy atom. The lowest BCUT2D eigenvalue weighted by molar-refractivity contribution is 0.275. The molecule has 0 aromatic carbocycles. The van der Waals surface area contributed by atoms with Crippen molar-refractivity contribution in [1.29, 1.82) is 0 Å². The Bertz CT molecular complexity index is 427. The van der Waals surface area contributed by atoms with Crippen molar-refractivity contribution in [3.05, 3.63) is 59.8 Å². The van der Waals surface area contributed by atoms with Gasteiger partial charge in [-0.3, -0.25) is 0 Å². The summed E-state index contributed by atoms with van der Waals surface area (Å²) in [5.41, 5.74) is 2.76. The van der Waals surface area contributed by atoms with Gasteiger partial charge in [-0.05, 0) is 17.6 Å². The Morgan fingerprint density at radius 1 is 1.00 bits per heavy atom. The molecule has 3 N–H and O–H groups in total. The van der Waals surface area contributed by atoms with Crippen molar-refractivity contribution < 1.29 is 19.2 Å². The van der Waals surface area contributed by atoms with Crippen LogP contribution in [0.15, 0.2) is 59.8 Å². The van der Waals surface area contributed by atoms with E-state index in [4.69, 9.17) is 19.2 Å². The van der Waals surface area contributed by atoms with Crippen LogP contribution in [0.25, 0.3) is 0 Å². The van der Waals surface area contributed by atoms with E-state index in [-0.39, 0.29) is 0 Å². The molecular weight excluding hydrogens is 227 g/mol. The fourth-order valence-corrected chi connectivity index (χ4v) is 1.31. The lowest BCUT2D eigenvalue weighted by Crippen LogP contribution is -1.87. The first-order valence-corrected chi connectivity index (χ1v) is 6.23. The molecule has 86 valence electrons. The van der Waals surface area contributed by atoms with Gasteiger partial charge < -0.3 is 14.7 Å². The highest BCUT2D eigenvalue weighted by Gasteiger charge is 2.02. The Labute approximate surface area is 93.9 Å². The Kier molecular flexibility index (Phi) is 4.65. The lowest BCUT2D eigenvalue weighted by Gasteiger charge is -2.07. The second kappa shape index (κ2) is 5.77. The van der Waals surface area contributed by atoms with E-state index in [1.54, 1.807) is 0 Å². The van der Waals surface area contributed by atoms with Gasteiger partial charge in [-0.25, -0.2) is 4.57 Å². The number of phosphoric acid groups is 1. The average molecular weight is 240 g/mol. The molecule has 0 atom stereocenters. The minimum Gasteiger partial charge on any atom is -0.303 e. The molecule has 0 amide bonds. The molecular formula is C11H13O4P. The first-order chi connectivity index (χ1) is 7.47. The van der Waals surface area contributed by atoms with Crippen LogP contribution in [0.4, 0.5) is 0 Å². The van der Waals surface area contributed by atoms with Gasteiger partial charge in [-0.2, -0.15) is 0 Å². The summed E-state index contributed by atoms with van der Waals surface area (Å²) in [7, 11) is -4.64. The third kappa shape index (κ3) is 5.63. The first-order valence-electron chi connectivity index (χ1n) is 4.66. The van der Waals surface area contributed by atoms with Crippen LogP contribution in [0.2, 0.25) is 0 Å². The van der Waals surface area contributed by atoms with E-state index in [9.17, 15) is 0 Å². The highest BCUT2D eigenvalue weighted by Crippen LogP contribution is 2.25. The van der Waals surface area contributed by atoms with Crippen molar-refractivity contribution in [1.82, 2.24) is 0 Å². The molecule has 0 heterocycles. The SMILES string of the molecule is C1=CC=C2CC=CC=C2C=C1.O=P(O)(O)O. The molecule has 0 fully saturated rings. The van der Waals surface area contributed by atoms with E-state index < -0.39 is 7.82 Å². The van der Waals surface area contributed by atoms with E-state index in [0.29, 0.717) is 0 Å². The zero-order valence-electron chi connectivity index (χ0n) is 8.52. The fourth-order valence-electron chi connectivity index (χ4n) is 1.31. The highest BCUT2D eigenvalue weighted by atomic mass is 31.2. The molecule has 0 aromatic heterocycles. The third-order valence-corrected chi connectivity index (χ3v) is 1.92. The number of hydrogen-bond donors (Lipinski definition) is 3. The molecule has 0 saturated heterocycles. The summed E-state index contributed by atoms with van der Waals surface area (Å²) in [6.45, 7) is 0. The second-order valence-corrected chi connectivity index (χ2v) is 4.23. The summed E-state index contributed by atoms with van der Waals surface area (Å²) in [4.78, 5) is 21.6. The summed E-state index contributed by atoms with van der Waals surface area (Å²) in [5, 5.41) is 0. The van der Waals surface area contributed by atoms with Crippen LogP contribution in [-0.2, 0) is 4.57 Å². The van der Waals surface area contributed by atoms with Gasteiger partial charge in [0.15, 0.2) is 0 Å². The molecule has 0 saturated carbocycles. The molecule has 2 aliphatic carbocycles. The van der Waals surface area contributed by atoms with Gasteiger partial charge in [0.25, 0.3) is 0 Å². The molecule has 0 unspecified atom stereocenters. The standard InChI is InChI=1S/C11H10.H3O4P/c1-2-6-10-8-4-5-9-11(10)7-3-1;1-5(2,3)4/h1-8H,9H2;(H3,1,2,3,4). The van der Waals surface area contributed by atoms with Gasteiger partial charge in [0, 0.05) is 0 Å². The predicted molar refractivity (Wildman–Crippen MR) is 62.5 cm³/mol. The van der Waals surface area contributed by atoms with Crippen LogP contribution in [0.1, 0.15) is 6.42 Å². The van der Waals surface area contributed by atoms with Gasteiger partial charge in [-0.1, -0.05) is 48.6 Å². The van der Waals surface area contributed by atoms with Crippen LogP contribution < -0.4 is 0 Å². The van der Waals surface area contributed by atoms with E-state index in [1.807, 2.05) is 0 Å². The smallest absolute Gasteiger partial charge is 0.303 e. The number of hydrogen-bond acceptors (Lipinski definition) is 1. The van der Waals surface area contributed by atoms with E-state index in [2.05, 4.69) is 48.6 Å². The molecule has 5 heteroatoms. The maximum absolute atomic E-state index is 8.88. The maximum atomic E-state index is 8.88. The van der Waals surface area contributed by atoms with Gasteiger partial charge >= 0.3 is 7.82 Å². The lowest BCUT2D eigenvalue weighted by atomic mass is 9.98. The quantitative estimate of drug-likeness (QED) is 0.566. The minimum atomic E-state index is -4.64. The average Bonchev–Trinajstić information content (AvgIpc) is 2.39. The Hall–Kier alpha value is -1.19. The zero-order chi connectivity index (χ0) is 12.0. The van der Waals surface area contributed by atoms with Crippen LogP contribution in [0, 0.1) is 0 Å².